The van der Waals surface area contributed by atoms with E-state index in [0.717, 1.165) is 5.56 Å². The highest BCUT2D eigenvalue weighted by Crippen LogP contribution is 2.18. The minimum Gasteiger partial charge on any atom is -0.481 e. The minimum absolute atomic E-state index is 0.137. The first-order valence-corrected chi connectivity index (χ1v) is 13.2. The number of aliphatic carboxylic acids is 2. The number of Topliss-reactive ketones (excluding diaryl/α,β-unsaturated/α-hetero) is 2. The lowest BCUT2D eigenvalue weighted by atomic mass is 9.90. The van der Waals surface area contributed by atoms with Crippen molar-refractivity contribution in [2.75, 3.05) is 0 Å². The van der Waals surface area contributed by atoms with Gasteiger partial charge in [-0.3, -0.25) is 33.6 Å². The fourth-order valence-electron chi connectivity index (χ4n) is 4.15. The van der Waals surface area contributed by atoms with E-state index in [0.29, 0.717) is 12.8 Å². The van der Waals surface area contributed by atoms with E-state index in [1.807, 2.05) is 37.3 Å². The van der Waals surface area contributed by atoms with E-state index in [4.69, 9.17) is 10.8 Å². The number of nitrogens with two attached hydrogens (primary N) is 1. The molecule has 12 heteroatoms. The number of amides is 3. The third kappa shape index (κ3) is 13.1. The molecule has 0 aliphatic heterocycles. The summed E-state index contributed by atoms with van der Waals surface area (Å²) in [6, 6.07) is 6.96. The highest BCUT2D eigenvalue weighted by molar-refractivity contribution is 5.94. The zero-order valence-electron chi connectivity index (χ0n) is 22.9. The Labute approximate surface area is 233 Å². The van der Waals surface area contributed by atoms with Crippen molar-refractivity contribution in [3.05, 3.63) is 35.9 Å². The molecule has 0 spiro atoms. The summed E-state index contributed by atoms with van der Waals surface area (Å²) in [6.07, 6.45) is -1.12. The van der Waals surface area contributed by atoms with E-state index >= 15 is 0 Å². The quantitative estimate of drug-likeness (QED) is 0.155. The van der Waals surface area contributed by atoms with E-state index in [2.05, 4.69) is 10.6 Å². The van der Waals surface area contributed by atoms with Crippen molar-refractivity contribution in [1.29, 1.82) is 0 Å². The second-order valence-corrected chi connectivity index (χ2v) is 9.77. The van der Waals surface area contributed by atoms with Crippen LogP contribution in [-0.4, -0.2) is 63.5 Å². The third-order valence-electron chi connectivity index (χ3n) is 6.55. The predicted molar refractivity (Wildman–Crippen MR) is 144 cm³/mol. The van der Waals surface area contributed by atoms with Crippen LogP contribution in [-0.2, 0) is 40.0 Å². The third-order valence-corrected chi connectivity index (χ3v) is 6.55. The fraction of sp³-hybridized carbons (Fsp3) is 0.536. The van der Waals surface area contributed by atoms with Gasteiger partial charge < -0.3 is 26.6 Å². The van der Waals surface area contributed by atoms with Gasteiger partial charge >= 0.3 is 11.9 Å². The number of carbonyl (C=O) groups is 7. The summed E-state index contributed by atoms with van der Waals surface area (Å²) in [4.78, 5) is 84.9. The van der Waals surface area contributed by atoms with Crippen LogP contribution in [0.2, 0.25) is 0 Å². The molecular formula is C28H39N3O9. The summed E-state index contributed by atoms with van der Waals surface area (Å²) >= 11 is 0. The van der Waals surface area contributed by atoms with Gasteiger partial charge in [0.25, 0.3) is 0 Å². The SMILES string of the molecule is CC[C@@H](Cc1ccccc1)C(=O)N[C@@H](CCC(=O)O)C(=O)C[C@@H](CCC(N)=O)C(=O)N[C@@H](CCC(=O)O)C(C)=O. The summed E-state index contributed by atoms with van der Waals surface area (Å²) in [5.74, 6) is -6.93. The van der Waals surface area contributed by atoms with Crippen molar-refractivity contribution in [3.63, 3.8) is 0 Å². The molecule has 0 aliphatic carbocycles. The molecule has 0 saturated heterocycles. The molecule has 220 valence electrons. The molecule has 0 heterocycles. The van der Waals surface area contributed by atoms with E-state index in [1.165, 1.54) is 6.92 Å². The number of primary amides is 1. The molecule has 3 amide bonds. The molecule has 0 saturated carbocycles. The maximum Gasteiger partial charge on any atom is 0.303 e. The van der Waals surface area contributed by atoms with Crippen molar-refractivity contribution in [2.45, 2.75) is 83.7 Å². The van der Waals surface area contributed by atoms with Gasteiger partial charge in [0.1, 0.15) is 0 Å². The van der Waals surface area contributed by atoms with Crippen molar-refractivity contribution in [1.82, 2.24) is 10.6 Å². The lowest BCUT2D eigenvalue weighted by Crippen LogP contribution is -2.47. The van der Waals surface area contributed by atoms with Crippen molar-refractivity contribution in [3.8, 4) is 0 Å². The van der Waals surface area contributed by atoms with Gasteiger partial charge in [-0.25, -0.2) is 0 Å². The van der Waals surface area contributed by atoms with Gasteiger partial charge in [-0.05, 0) is 44.6 Å². The Morgan fingerprint density at radius 2 is 1.30 bits per heavy atom. The van der Waals surface area contributed by atoms with Gasteiger partial charge in [0.05, 0.1) is 12.1 Å². The smallest absolute Gasteiger partial charge is 0.303 e. The second kappa shape index (κ2) is 17.5. The van der Waals surface area contributed by atoms with Crippen LogP contribution in [0.15, 0.2) is 30.3 Å². The van der Waals surface area contributed by atoms with Crippen LogP contribution in [0.4, 0.5) is 0 Å². The summed E-state index contributed by atoms with van der Waals surface area (Å²) in [5, 5.41) is 23.2. The second-order valence-electron chi connectivity index (χ2n) is 9.77. The van der Waals surface area contributed by atoms with Crippen molar-refractivity contribution >= 4 is 41.2 Å². The predicted octanol–water partition coefficient (Wildman–Crippen LogP) is 1.38. The van der Waals surface area contributed by atoms with Crippen LogP contribution in [0.3, 0.4) is 0 Å². The maximum absolute atomic E-state index is 13.3. The highest BCUT2D eigenvalue weighted by Gasteiger charge is 2.31. The standard InChI is InChI=1S/C28H39N3O9/c1-3-19(15-18-7-5-4-6-8-18)27(39)31-22(11-14-26(37)38)23(33)16-20(9-12-24(29)34)28(40)30-21(17(2)32)10-13-25(35)36/h4-8,19-22H,3,9-16H2,1-2H3,(H2,29,34)(H,30,40)(H,31,39)(H,35,36)(H,37,38)/t19-,20+,21-,22-/m0/s1. The van der Waals surface area contributed by atoms with E-state index in [1.54, 1.807) is 0 Å². The van der Waals surface area contributed by atoms with E-state index in [9.17, 15) is 38.7 Å². The van der Waals surface area contributed by atoms with Gasteiger partial charge in [-0.2, -0.15) is 0 Å². The number of nitrogens with one attached hydrogen (secondary N) is 2. The lowest BCUT2D eigenvalue weighted by molar-refractivity contribution is -0.138. The number of ketones is 2. The topological polar surface area (TPSA) is 210 Å². The highest BCUT2D eigenvalue weighted by atomic mass is 16.4. The number of carboxylic acids is 2. The van der Waals surface area contributed by atoms with Crippen LogP contribution in [0.25, 0.3) is 0 Å². The molecule has 40 heavy (non-hydrogen) atoms. The summed E-state index contributed by atoms with van der Waals surface area (Å²) < 4.78 is 0. The monoisotopic (exact) mass is 561 g/mol. The Kier molecular flexibility index (Phi) is 14.8. The first-order chi connectivity index (χ1) is 18.8. The molecule has 0 unspecified atom stereocenters. The van der Waals surface area contributed by atoms with Crippen molar-refractivity contribution in [2.24, 2.45) is 17.6 Å². The Balaban J connectivity index is 3.08. The zero-order valence-corrected chi connectivity index (χ0v) is 22.9. The molecule has 0 radical (unpaired) electrons. The number of hydrogen-bond donors (Lipinski definition) is 5. The molecule has 1 aromatic carbocycles. The molecule has 0 fully saturated rings. The Hall–Kier alpha value is -4.09. The number of carbonyl (C=O) groups excluding carboxylic acids is 5. The molecule has 4 atom stereocenters. The fourth-order valence-corrected chi connectivity index (χ4v) is 4.15. The zero-order chi connectivity index (χ0) is 30.2. The van der Waals surface area contributed by atoms with Crippen LogP contribution >= 0.6 is 0 Å². The first kappa shape index (κ1) is 33.9. The van der Waals surface area contributed by atoms with Crippen LogP contribution < -0.4 is 16.4 Å². The largest absolute Gasteiger partial charge is 0.481 e. The van der Waals surface area contributed by atoms with Gasteiger partial charge in [0.15, 0.2) is 11.6 Å². The summed E-state index contributed by atoms with van der Waals surface area (Å²) in [5.41, 5.74) is 6.14. The van der Waals surface area contributed by atoms with Crippen LogP contribution in [0, 0.1) is 11.8 Å². The van der Waals surface area contributed by atoms with Crippen LogP contribution in [0.5, 0.6) is 0 Å². The number of hydrogen-bond acceptors (Lipinski definition) is 7. The first-order valence-electron chi connectivity index (χ1n) is 13.2. The Morgan fingerprint density at radius 1 is 0.775 bits per heavy atom. The number of benzene rings is 1. The summed E-state index contributed by atoms with van der Waals surface area (Å²) in [6.45, 7) is 3.01. The van der Waals surface area contributed by atoms with Gasteiger partial charge in [0, 0.05) is 37.5 Å². The van der Waals surface area contributed by atoms with Gasteiger partial charge in [-0.15, -0.1) is 0 Å². The van der Waals surface area contributed by atoms with Gasteiger partial charge in [-0.1, -0.05) is 37.3 Å². The molecular weight excluding hydrogens is 522 g/mol. The normalized spacial score (nSPS) is 13.8. The van der Waals surface area contributed by atoms with E-state index < -0.39 is 78.0 Å². The maximum atomic E-state index is 13.3. The molecule has 0 aliphatic rings. The molecule has 0 bridgehead atoms. The van der Waals surface area contributed by atoms with Crippen molar-refractivity contribution < 1.29 is 43.8 Å². The minimum atomic E-state index is -1.20. The Morgan fingerprint density at radius 3 is 1.80 bits per heavy atom. The molecule has 12 nitrogen and oxygen atoms in total. The Bertz CT molecular complexity index is 1060. The van der Waals surface area contributed by atoms with Crippen LogP contribution in [0.1, 0.15) is 70.8 Å². The van der Waals surface area contributed by atoms with Gasteiger partial charge in [0.2, 0.25) is 17.7 Å². The molecule has 1 aromatic rings. The number of rotatable bonds is 20. The molecule has 1 rings (SSSR count). The molecule has 6 N–H and O–H groups in total. The average Bonchev–Trinajstić information content (AvgIpc) is 2.89. The number of carboxylic acid groups (broad SMARTS) is 2. The molecule has 0 aromatic heterocycles. The average molecular weight is 562 g/mol. The summed E-state index contributed by atoms with van der Waals surface area (Å²) in [7, 11) is 0. The van der Waals surface area contributed by atoms with E-state index in [-0.39, 0.29) is 32.1 Å². The lowest BCUT2D eigenvalue weighted by Gasteiger charge is -2.24.